The maximum atomic E-state index is 5.89. The minimum Gasteiger partial charge on any atom is -0.398 e. The number of H-pyrrole nitrogens is 1. The van der Waals surface area contributed by atoms with Gasteiger partial charge in [0.1, 0.15) is 0 Å². The van der Waals surface area contributed by atoms with Crippen LogP contribution in [0.1, 0.15) is 5.69 Å². The van der Waals surface area contributed by atoms with Crippen molar-refractivity contribution in [2.75, 3.05) is 12.3 Å². The number of aromatic nitrogens is 1. The van der Waals surface area contributed by atoms with Crippen molar-refractivity contribution in [3.8, 4) is 0 Å². The molecule has 1 aromatic carbocycles. The molecule has 3 nitrogen and oxygen atoms in total. The summed E-state index contributed by atoms with van der Waals surface area (Å²) in [6, 6.07) is 5.84. The van der Waals surface area contributed by atoms with Crippen molar-refractivity contribution in [1.82, 2.24) is 4.98 Å². The maximum Gasteiger partial charge on any atom is 0.0488 e. The molecule has 0 aliphatic carbocycles. The van der Waals surface area contributed by atoms with Crippen molar-refractivity contribution in [1.29, 1.82) is 0 Å². The lowest BCUT2D eigenvalue weighted by molar-refractivity contribution is 0.934. The Hall–Kier alpha value is -1.00. The number of nitrogens with two attached hydrogens (primary N) is 2. The molecule has 0 radical (unpaired) electrons. The molecule has 2 rings (SSSR count). The lowest BCUT2D eigenvalue weighted by Gasteiger charge is -1.96. The van der Waals surface area contributed by atoms with Gasteiger partial charge in [-0.1, -0.05) is 6.07 Å². The second-order valence-electron chi connectivity index (χ2n) is 3.23. The quantitative estimate of drug-likeness (QED) is 0.717. The van der Waals surface area contributed by atoms with Gasteiger partial charge in [0.25, 0.3) is 0 Å². The molecule has 2 aromatic rings. The number of hydrogen-bond acceptors (Lipinski definition) is 2. The molecule has 0 atom stereocenters. The van der Waals surface area contributed by atoms with Gasteiger partial charge in [0.05, 0.1) is 0 Å². The second-order valence-corrected chi connectivity index (χ2v) is 4.02. The van der Waals surface area contributed by atoms with Crippen LogP contribution in [0.3, 0.4) is 0 Å². The predicted octanol–water partition coefficient (Wildman–Crippen LogP) is 2.01. The highest BCUT2D eigenvalue weighted by atomic mass is 79.9. The van der Waals surface area contributed by atoms with Crippen molar-refractivity contribution in [2.24, 2.45) is 5.73 Å². The Balaban J connectivity index is 2.68. The first-order chi connectivity index (χ1) is 6.74. The largest absolute Gasteiger partial charge is 0.398 e. The Morgan fingerprint density at radius 2 is 2.14 bits per heavy atom. The third-order valence-corrected chi connectivity index (χ3v) is 3.14. The summed E-state index contributed by atoms with van der Waals surface area (Å²) >= 11 is 3.54. The van der Waals surface area contributed by atoms with Crippen LogP contribution in [-0.4, -0.2) is 11.5 Å². The van der Waals surface area contributed by atoms with Crippen LogP contribution in [0.5, 0.6) is 0 Å². The lowest BCUT2D eigenvalue weighted by Crippen LogP contribution is -2.03. The van der Waals surface area contributed by atoms with Gasteiger partial charge in [0.2, 0.25) is 0 Å². The van der Waals surface area contributed by atoms with Crippen molar-refractivity contribution in [3.63, 3.8) is 0 Å². The van der Waals surface area contributed by atoms with Gasteiger partial charge in [-0.3, -0.25) is 0 Å². The fourth-order valence-corrected chi connectivity index (χ4v) is 2.34. The minimum absolute atomic E-state index is 0.630. The Kier molecular flexibility index (Phi) is 2.48. The molecular weight excluding hydrogens is 242 g/mol. The zero-order valence-corrected chi connectivity index (χ0v) is 9.26. The number of benzene rings is 1. The van der Waals surface area contributed by atoms with E-state index in [-0.39, 0.29) is 0 Å². The van der Waals surface area contributed by atoms with Crippen LogP contribution < -0.4 is 11.5 Å². The van der Waals surface area contributed by atoms with Crippen LogP contribution in [0.4, 0.5) is 5.69 Å². The van der Waals surface area contributed by atoms with Gasteiger partial charge in [0.15, 0.2) is 0 Å². The number of halogens is 1. The van der Waals surface area contributed by atoms with Gasteiger partial charge in [0, 0.05) is 33.2 Å². The molecule has 0 saturated heterocycles. The Labute approximate surface area is 90.6 Å². The number of hydrogen-bond donors (Lipinski definition) is 3. The molecule has 5 N–H and O–H groups in total. The maximum absolute atomic E-state index is 5.89. The van der Waals surface area contributed by atoms with Gasteiger partial charge < -0.3 is 16.5 Å². The van der Waals surface area contributed by atoms with E-state index >= 15 is 0 Å². The molecule has 0 spiro atoms. The first-order valence-corrected chi connectivity index (χ1v) is 5.28. The van der Waals surface area contributed by atoms with Crippen LogP contribution in [0, 0.1) is 0 Å². The van der Waals surface area contributed by atoms with E-state index in [1.165, 1.54) is 0 Å². The second kappa shape index (κ2) is 3.63. The SMILES string of the molecule is NCCc1[nH]c2cccc(N)c2c1Br. The Morgan fingerprint density at radius 1 is 1.36 bits per heavy atom. The summed E-state index contributed by atoms with van der Waals surface area (Å²) in [6.07, 6.45) is 0.828. The summed E-state index contributed by atoms with van der Waals surface area (Å²) < 4.78 is 1.04. The van der Waals surface area contributed by atoms with Crippen LogP contribution in [-0.2, 0) is 6.42 Å². The Bertz CT molecular complexity index is 462. The van der Waals surface area contributed by atoms with Crippen molar-refractivity contribution in [3.05, 3.63) is 28.4 Å². The molecule has 0 bridgehead atoms. The average molecular weight is 254 g/mol. The van der Waals surface area contributed by atoms with Gasteiger partial charge in [-0.15, -0.1) is 0 Å². The van der Waals surface area contributed by atoms with Crippen LogP contribution >= 0.6 is 15.9 Å². The van der Waals surface area contributed by atoms with Crippen LogP contribution in [0.2, 0.25) is 0 Å². The van der Waals surface area contributed by atoms with E-state index in [1.807, 2.05) is 18.2 Å². The van der Waals surface area contributed by atoms with E-state index in [9.17, 15) is 0 Å². The first kappa shape index (κ1) is 9.55. The summed E-state index contributed by atoms with van der Waals surface area (Å²) in [6.45, 7) is 0.630. The monoisotopic (exact) mass is 253 g/mol. The molecular formula is C10H12BrN3. The summed E-state index contributed by atoms with van der Waals surface area (Å²) in [4.78, 5) is 3.30. The lowest BCUT2D eigenvalue weighted by atomic mass is 10.2. The summed E-state index contributed by atoms with van der Waals surface area (Å²) in [5, 5.41) is 1.05. The fourth-order valence-electron chi connectivity index (χ4n) is 1.60. The highest BCUT2D eigenvalue weighted by Crippen LogP contribution is 2.32. The van der Waals surface area contributed by atoms with Gasteiger partial charge >= 0.3 is 0 Å². The molecule has 0 fully saturated rings. The predicted molar refractivity (Wildman–Crippen MR) is 63.2 cm³/mol. The molecule has 4 heteroatoms. The first-order valence-electron chi connectivity index (χ1n) is 4.48. The number of fused-ring (bicyclic) bond motifs is 1. The van der Waals surface area contributed by atoms with Crippen molar-refractivity contribution >= 4 is 32.5 Å². The molecule has 0 aliphatic rings. The summed E-state index contributed by atoms with van der Waals surface area (Å²) in [7, 11) is 0. The summed E-state index contributed by atoms with van der Waals surface area (Å²) in [5.41, 5.74) is 14.4. The fraction of sp³-hybridized carbons (Fsp3) is 0.200. The molecule has 0 saturated carbocycles. The van der Waals surface area contributed by atoms with E-state index in [4.69, 9.17) is 11.5 Å². The molecule has 0 unspecified atom stereocenters. The normalized spacial score (nSPS) is 11.0. The number of anilines is 1. The van der Waals surface area contributed by atoms with Gasteiger partial charge in [-0.05, 0) is 34.6 Å². The molecule has 14 heavy (non-hydrogen) atoms. The smallest absolute Gasteiger partial charge is 0.0488 e. The van der Waals surface area contributed by atoms with Crippen molar-refractivity contribution in [2.45, 2.75) is 6.42 Å². The number of nitrogens with one attached hydrogen (secondary N) is 1. The van der Waals surface area contributed by atoms with Gasteiger partial charge in [-0.25, -0.2) is 0 Å². The van der Waals surface area contributed by atoms with E-state index in [0.29, 0.717) is 6.54 Å². The molecule has 0 aliphatic heterocycles. The number of aromatic amines is 1. The number of rotatable bonds is 2. The minimum atomic E-state index is 0.630. The van der Waals surface area contributed by atoms with Crippen LogP contribution in [0.15, 0.2) is 22.7 Å². The Morgan fingerprint density at radius 3 is 2.79 bits per heavy atom. The topological polar surface area (TPSA) is 67.8 Å². The molecule has 0 amide bonds. The molecule has 1 aromatic heterocycles. The average Bonchev–Trinajstić information content (AvgIpc) is 2.46. The molecule has 74 valence electrons. The van der Waals surface area contributed by atoms with E-state index in [2.05, 4.69) is 20.9 Å². The zero-order chi connectivity index (χ0) is 10.1. The van der Waals surface area contributed by atoms with E-state index in [0.717, 1.165) is 33.2 Å². The van der Waals surface area contributed by atoms with E-state index < -0.39 is 0 Å². The van der Waals surface area contributed by atoms with Crippen LogP contribution in [0.25, 0.3) is 10.9 Å². The van der Waals surface area contributed by atoms with Gasteiger partial charge in [-0.2, -0.15) is 0 Å². The van der Waals surface area contributed by atoms with Crippen molar-refractivity contribution < 1.29 is 0 Å². The van der Waals surface area contributed by atoms with E-state index in [1.54, 1.807) is 0 Å². The highest BCUT2D eigenvalue weighted by Gasteiger charge is 2.09. The zero-order valence-electron chi connectivity index (χ0n) is 7.68. The number of nitrogen functional groups attached to an aromatic ring is 1. The standard InChI is InChI=1S/C10H12BrN3/c11-10-8(4-5-12)14-7-3-1-2-6(13)9(7)10/h1-3,14H,4-5,12-13H2. The molecule has 1 heterocycles. The third-order valence-electron chi connectivity index (χ3n) is 2.26. The summed E-state index contributed by atoms with van der Waals surface area (Å²) in [5.74, 6) is 0. The highest BCUT2D eigenvalue weighted by molar-refractivity contribution is 9.10. The third kappa shape index (κ3) is 1.40.